The summed E-state index contributed by atoms with van der Waals surface area (Å²) in [6, 6.07) is 27.5. The molecule has 1 atom stereocenters. The van der Waals surface area contributed by atoms with Gasteiger partial charge in [-0.25, -0.2) is 0 Å². The van der Waals surface area contributed by atoms with Gasteiger partial charge in [0.1, 0.15) is 11.5 Å². The minimum atomic E-state index is -0.764. The van der Waals surface area contributed by atoms with Crippen LogP contribution in [0.2, 0.25) is 0 Å². The molecule has 0 aliphatic carbocycles. The van der Waals surface area contributed by atoms with Crippen LogP contribution < -0.4 is 9.64 Å². The van der Waals surface area contributed by atoms with Gasteiger partial charge in [0.2, 0.25) is 0 Å². The van der Waals surface area contributed by atoms with Crippen LogP contribution in [-0.4, -0.2) is 42.9 Å². The highest BCUT2D eigenvalue weighted by molar-refractivity contribution is 6.46. The number of benzene rings is 4. The zero-order valence-corrected chi connectivity index (χ0v) is 21.0. The molecule has 1 fully saturated rings. The zero-order valence-electron chi connectivity index (χ0n) is 21.0. The van der Waals surface area contributed by atoms with E-state index in [-0.39, 0.29) is 17.9 Å². The van der Waals surface area contributed by atoms with Crippen molar-refractivity contribution in [2.24, 2.45) is 0 Å². The number of amides is 1. The van der Waals surface area contributed by atoms with Crippen molar-refractivity contribution in [2.45, 2.75) is 12.6 Å². The average Bonchev–Trinajstić information content (AvgIpc) is 3.17. The Morgan fingerprint density at radius 3 is 2.30 bits per heavy atom. The Morgan fingerprint density at radius 1 is 0.892 bits per heavy atom. The fourth-order valence-corrected chi connectivity index (χ4v) is 4.94. The molecule has 1 N–H and O–H groups in total. The third kappa shape index (κ3) is 4.31. The van der Waals surface area contributed by atoms with Gasteiger partial charge in [0.05, 0.1) is 25.3 Å². The fraction of sp³-hybridized carbons (Fsp3) is 0.161. The van der Waals surface area contributed by atoms with Gasteiger partial charge in [-0.05, 0) is 34.5 Å². The fourth-order valence-electron chi connectivity index (χ4n) is 4.94. The van der Waals surface area contributed by atoms with E-state index in [0.29, 0.717) is 11.3 Å². The number of rotatable bonds is 6. The zero-order chi connectivity index (χ0) is 26.1. The van der Waals surface area contributed by atoms with Crippen molar-refractivity contribution in [1.82, 2.24) is 4.90 Å². The van der Waals surface area contributed by atoms with E-state index >= 15 is 0 Å². The minimum absolute atomic E-state index is 0.0776. The lowest BCUT2D eigenvalue weighted by Crippen LogP contribution is -2.29. The summed E-state index contributed by atoms with van der Waals surface area (Å²) < 4.78 is 5.50. The third-order valence-electron chi connectivity index (χ3n) is 6.84. The lowest BCUT2D eigenvalue weighted by atomic mass is 9.93. The van der Waals surface area contributed by atoms with Gasteiger partial charge in [-0.1, -0.05) is 72.8 Å². The standard InChI is InChI=1S/C31H28N2O4/c1-32(2)23-17-15-21(16-18-23)28-27(29(34)25-13-8-11-20-9-4-6-12-24(20)25)30(35)31(36)33(28)19-22-10-5-7-14-26(22)37-3/h4-18,28,34H,19H2,1-3H3/b29-27-. The Morgan fingerprint density at radius 2 is 1.57 bits per heavy atom. The SMILES string of the molecule is COc1ccccc1CN1C(=O)C(=O)/C(=C(\O)c2cccc3ccccc23)C1c1ccc(N(C)C)cc1. The largest absolute Gasteiger partial charge is 0.507 e. The highest BCUT2D eigenvalue weighted by atomic mass is 16.5. The predicted molar refractivity (Wildman–Crippen MR) is 146 cm³/mol. The molecule has 1 amide bonds. The Hall–Kier alpha value is -4.58. The van der Waals surface area contributed by atoms with Gasteiger partial charge in [-0.3, -0.25) is 9.59 Å². The number of para-hydroxylation sites is 1. The van der Waals surface area contributed by atoms with Gasteiger partial charge >= 0.3 is 0 Å². The van der Waals surface area contributed by atoms with Crippen LogP contribution in [0.5, 0.6) is 5.75 Å². The van der Waals surface area contributed by atoms with Gasteiger partial charge in [0.15, 0.2) is 0 Å². The summed E-state index contributed by atoms with van der Waals surface area (Å²) in [5.74, 6) is -0.920. The number of anilines is 1. The normalized spacial score (nSPS) is 16.8. The van der Waals surface area contributed by atoms with Crippen molar-refractivity contribution >= 4 is 33.9 Å². The molecule has 1 aliphatic heterocycles. The number of ketones is 1. The number of aliphatic hydroxyl groups is 1. The van der Waals surface area contributed by atoms with Gasteiger partial charge in [-0.2, -0.15) is 0 Å². The lowest BCUT2D eigenvalue weighted by molar-refractivity contribution is -0.140. The number of fused-ring (bicyclic) bond motifs is 1. The summed E-state index contributed by atoms with van der Waals surface area (Å²) >= 11 is 0. The topological polar surface area (TPSA) is 70.1 Å². The summed E-state index contributed by atoms with van der Waals surface area (Å²) in [5.41, 5.74) is 3.09. The molecule has 186 valence electrons. The molecular formula is C31H28N2O4. The second kappa shape index (κ2) is 9.82. The van der Waals surface area contributed by atoms with Gasteiger partial charge in [0, 0.05) is 30.9 Å². The maximum Gasteiger partial charge on any atom is 0.295 e. The summed E-state index contributed by atoms with van der Waals surface area (Å²) in [5, 5.41) is 13.4. The van der Waals surface area contributed by atoms with E-state index in [1.54, 1.807) is 13.2 Å². The number of aliphatic hydroxyl groups excluding tert-OH is 1. The summed E-state index contributed by atoms with van der Waals surface area (Å²) in [7, 11) is 5.47. The monoisotopic (exact) mass is 492 g/mol. The molecule has 0 spiro atoms. The van der Waals surface area contributed by atoms with Crippen LogP contribution in [0, 0.1) is 0 Å². The summed E-state index contributed by atoms with van der Waals surface area (Å²) in [6.45, 7) is 0.154. The first-order chi connectivity index (χ1) is 17.9. The van der Waals surface area contributed by atoms with Crippen molar-refractivity contribution < 1.29 is 19.4 Å². The molecule has 1 unspecified atom stereocenters. The quantitative estimate of drug-likeness (QED) is 0.218. The molecule has 0 bridgehead atoms. The molecule has 1 heterocycles. The molecule has 6 heteroatoms. The van der Waals surface area contributed by atoms with Crippen LogP contribution in [0.1, 0.15) is 22.7 Å². The predicted octanol–water partition coefficient (Wildman–Crippen LogP) is 5.54. The van der Waals surface area contributed by atoms with Crippen LogP contribution >= 0.6 is 0 Å². The molecular weight excluding hydrogens is 464 g/mol. The number of carbonyl (C=O) groups excluding carboxylic acids is 2. The van der Waals surface area contributed by atoms with E-state index in [2.05, 4.69) is 0 Å². The third-order valence-corrected chi connectivity index (χ3v) is 6.84. The molecule has 6 nitrogen and oxygen atoms in total. The molecule has 37 heavy (non-hydrogen) atoms. The Labute approximate surface area is 216 Å². The Kier molecular flexibility index (Phi) is 6.40. The summed E-state index contributed by atoms with van der Waals surface area (Å²) in [4.78, 5) is 30.5. The van der Waals surface area contributed by atoms with Gasteiger partial charge < -0.3 is 19.6 Å². The van der Waals surface area contributed by atoms with Crippen molar-refractivity contribution in [2.75, 3.05) is 26.1 Å². The molecule has 4 aromatic rings. The number of Topliss-reactive ketones (excluding diaryl/α,β-unsaturated/α-hetero) is 1. The number of nitrogens with zero attached hydrogens (tertiary/aromatic N) is 2. The first-order valence-corrected chi connectivity index (χ1v) is 12.1. The van der Waals surface area contributed by atoms with Crippen molar-refractivity contribution in [3.63, 3.8) is 0 Å². The van der Waals surface area contributed by atoms with Gasteiger partial charge in [-0.15, -0.1) is 0 Å². The van der Waals surface area contributed by atoms with Crippen LogP contribution in [0.3, 0.4) is 0 Å². The smallest absolute Gasteiger partial charge is 0.295 e. The van der Waals surface area contributed by atoms with Crippen molar-refractivity contribution in [3.05, 3.63) is 113 Å². The van der Waals surface area contributed by atoms with Crippen LogP contribution in [0.4, 0.5) is 5.69 Å². The first-order valence-electron chi connectivity index (χ1n) is 12.1. The average molecular weight is 493 g/mol. The van der Waals surface area contributed by atoms with Crippen molar-refractivity contribution in [1.29, 1.82) is 0 Å². The van der Waals surface area contributed by atoms with Crippen LogP contribution in [0.25, 0.3) is 16.5 Å². The minimum Gasteiger partial charge on any atom is -0.507 e. The highest BCUT2D eigenvalue weighted by Gasteiger charge is 2.46. The number of carbonyl (C=O) groups is 2. The number of hydrogen-bond donors (Lipinski definition) is 1. The molecule has 0 saturated carbocycles. The Balaban J connectivity index is 1.70. The summed E-state index contributed by atoms with van der Waals surface area (Å²) in [6.07, 6.45) is 0. The molecule has 5 rings (SSSR count). The van der Waals surface area contributed by atoms with Crippen molar-refractivity contribution in [3.8, 4) is 5.75 Å². The van der Waals surface area contributed by atoms with E-state index in [1.165, 1.54) is 4.90 Å². The number of methoxy groups -OCH3 is 1. The number of likely N-dealkylation sites (tertiary alicyclic amines) is 1. The molecule has 0 radical (unpaired) electrons. The number of ether oxygens (including phenoxy) is 1. The van der Waals surface area contributed by atoms with E-state index in [1.807, 2.05) is 104 Å². The van der Waals surface area contributed by atoms with E-state index in [9.17, 15) is 14.7 Å². The maximum atomic E-state index is 13.5. The maximum absolute atomic E-state index is 13.5. The molecule has 1 aliphatic rings. The second-order valence-electron chi connectivity index (χ2n) is 9.25. The Bertz CT molecular complexity index is 1520. The molecule has 0 aromatic heterocycles. The van der Waals surface area contributed by atoms with E-state index in [0.717, 1.165) is 27.6 Å². The first kappa shape index (κ1) is 24.1. The van der Waals surface area contributed by atoms with E-state index in [4.69, 9.17) is 4.74 Å². The number of hydrogen-bond acceptors (Lipinski definition) is 5. The van der Waals surface area contributed by atoms with E-state index < -0.39 is 17.7 Å². The highest BCUT2D eigenvalue weighted by Crippen LogP contribution is 2.42. The second-order valence-corrected chi connectivity index (χ2v) is 9.25. The molecule has 4 aromatic carbocycles. The molecule has 1 saturated heterocycles. The lowest BCUT2D eigenvalue weighted by Gasteiger charge is -2.26. The van der Waals surface area contributed by atoms with Crippen LogP contribution in [0.15, 0.2) is 96.6 Å². The van der Waals surface area contributed by atoms with Gasteiger partial charge in [0.25, 0.3) is 11.7 Å². The van der Waals surface area contributed by atoms with Crippen LogP contribution in [-0.2, 0) is 16.1 Å².